The normalized spacial score (nSPS) is 11.2. The third kappa shape index (κ3) is 7.04. The molecule has 0 aromatic rings. The van der Waals surface area contributed by atoms with Crippen molar-refractivity contribution < 1.29 is 23.8 Å². The van der Waals surface area contributed by atoms with Crippen LogP contribution in [-0.4, -0.2) is 30.4 Å². The predicted molar refractivity (Wildman–Crippen MR) is 53.0 cm³/mol. The summed E-state index contributed by atoms with van der Waals surface area (Å²) >= 11 is 0. The second kappa shape index (κ2) is 6.53. The summed E-state index contributed by atoms with van der Waals surface area (Å²) in [5, 5.41) is 0. The molecule has 0 aliphatic heterocycles. The van der Waals surface area contributed by atoms with Gasteiger partial charge < -0.3 is 14.2 Å². The second-order valence-corrected chi connectivity index (χ2v) is 3.61. The van der Waals surface area contributed by atoms with Crippen molar-refractivity contribution in [1.29, 1.82) is 0 Å². The van der Waals surface area contributed by atoms with Crippen LogP contribution in [0, 0.1) is 0 Å². The number of carbonyl (C=O) groups excluding carboxylic acids is 2. The van der Waals surface area contributed by atoms with Crippen molar-refractivity contribution in [1.82, 2.24) is 0 Å². The second-order valence-electron chi connectivity index (χ2n) is 3.61. The van der Waals surface area contributed by atoms with Gasteiger partial charge in [-0.25, -0.2) is 4.79 Å². The highest BCUT2D eigenvalue weighted by molar-refractivity contribution is 5.86. The van der Waals surface area contributed by atoms with Gasteiger partial charge in [0.1, 0.15) is 0 Å². The van der Waals surface area contributed by atoms with E-state index in [2.05, 4.69) is 4.74 Å². The van der Waals surface area contributed by atoms with Crippen LogP contribution in [0.1, 0.15) is 34.6 Å². The molecule has 0 unspecified atom stereocenters. The van der Waals surface area contributed by atoms with Gasteiger partial charge in [0.25, 0.3) is 6.29 Å². The quantitative estimate of drug-likeness (QED) is 0.395. The Morgan fingerprint density at radius 3 is 1.60 bits per heavy atom. The molecule has 0 N–H and O–H groups in total. The monoisotopic (exact) mass is 218 g/mol. The molecular formula is C10H18O5. The van der Waals surface area contributed by atoms with Gasteiger partial charge >= 0.3 is 11.9 Å². The number of carbonyl (C=O) groups is 2. The zero-order valence-corrected chi connectivity index (χ0v) is 9.77. The van der Waals surface area contributed by atoms with Crippen LogP contribution in [0.2, 0.25) is 0 Å². The molecule has 0 heterocycles. The predicted octanol–water partition coefficient (Wildman–Crippen LogP) is 1.25. The van der Waals surface area contributed by atoms with Gasteiger partial charge in [-0.05, 0) is 27.7 Å². The number of hydrogen-bond donors (Lipinski definition) is 0. The van der Waals surface area contributed by atoms with Gasteiger partial charge in [-0.3, -0.25) is 4.79 Å². The fourth-order valence-electron chi connectivity index (χ4n) is 0.827. The van der Waals surface area contributed by atoms with E-state index in [1.54, 1.807) is 27.7 Å². The lowest BCUT2D eigenvalue weighted by Gasteiger charge is -2.20. The first-order valence-electron chi connectivity index (χ1n) is 4.86. The molecule has 0 amide bonds. The van der Waals surface area contributed by atoms with Crippen LogP contribution in [-0.2, 0) is 23.8 Å². The molecule has 15 heavy (non-hydrogen) atoms. The maximum atomic E-state index is 11.3. The van der Waals surface area contributed by atoms with Crippen molar-refractivity contribution in [2.24, 2.45) is 0 Å². The largest absolute Gasteiger partial charge is 0.390 e. The summed E-state index contributed by atoms with van der Waals surface area (Å²) in [6.45, 7) is 8.20. The molecule has 0 saturated heterocycles. The highest BCUT2D eigenvalue weighted by atomic mass is 16.7. The van der Waals surface area contributed by atoms with Gasteiger partial charge in [-0.1, -0.05) is 0 Å². The molecule has 0 atom stereocenters. The Morgan fingerprint density at radius 2 is 1.33 bits per heavy atom. The topological polar surface area (TPSA) is 61.8 Å². The SMILES string of the molecule is CC(=O)OC(=O)C(OC(C)C)OC(C)C. The van der Waals surface area contributed by atoms with E-state index in [1.807, 2.05) is 0 Å². The maximum Gasteiger partial charge on any atom is 0.371 e. The molecule has 0 rings (SSSR count). The highest BCUT2D eigenvalue weighted by Crippen LogP contribution is 2.06. The lowest BCUT2D eigenvalue weighted by molar-refractivity contribution is -0.211. The Morgan fingerprint density at radius 1 is 0.933 bits per heavy atom. The molecule has 0 aromatic carbocycles. The van der Waals surface area contributed by atoms with Crippen molar-refractivity contribution in [3.8, 4) is 0 Å². The van der Waals surface area contributed by atoms with Gasteiger partial charge in [0.2, 0.25) is 0 Å². The molecule has 0 bridgehead atoms. The van der Waals surface area contributed by atoms with Crippen molar-refractivity contribution >= 4 is 11.9 Å². The van der Waals surface area contributed by atoms with E-state index < -0.39 is 18.2 Å². The van der Waals surface area contributed by atoms with Crippen molar-refractivity contribution in [2.45, 2.75) is 53.1 Å². The van der Waals surface area contributed by atoms with Crippen LogP contribution in [0.5, 0.6) is 0 Å². The van der Waals surface area contributed by atoms with Gasteiger partial charge in [-0.15, -0.1) is 0 Å². The fourth-order valence-corrected chi connectivity index (χ4v) is 0.827. The number of hydrogen-bond acceptors (Lipinski definition) is 5. The lowest BCUT2D eigenvalue weighted by atomic mass is 10.4. The van der Waals surface area contributed by atoms with Crippen LogP contribution in [0.15, 0.2) is 0 Å². The first kappa shape index (κ1) is 14.1. The summed E-state index contributed by atoms with van der Waals surface area (Å²) in [6.07, 6.45) is -1.52. The van der Waals surface area contributed by atoms with Gasteiger partial charge in [0.05, 0.1) is 12.2 Å². The molecule has 0 aromatic heterocycles. The molecule has 0 radical (unpaired) electrons. The smallest absolute Gasteiger partial charge is 0.371 e. The first-order chi connectivity index (χ1) is 6.82. The molecular weight excluding hydrogens is 200 g/mol. The Hall–Kier alpha value is -0.940. The van der Waals surface area contributed by atoms with Gasteiger partial charge in [0, 0.05) is 6.92 Å². The summed E-state index contributed by atoms with van der Waals surface area (Å²) in [5.41, 5.74) is 0. The molecule has 0 aliphatic rings. The molecule has 5 heteroatoms. The van der Waals surface area contributed by atoms with Crippen LogP contribution < -0.4 is 0 Å². The van der Waals surface area contributed by atoms with E-state index in [-0.39, 0.29) is 12.2 Å². The fraction of sp³-hybridized carbons (Fsp3) is 0.800. The van der Waals surface area contributed by atoms with Crippen molar-refractivity contribution in [2.75, 3.05) is 0 Å². The molecule has 0 aliphatic carbocycles. The minimum atomic E-state index is -1.14. The van der Waals surface area contributed by atoms with E-state index in [1.165, 1.54) is 0 Å². The van der Waals surface area contributed by atoms with Crippen molar-refractivity contribution in [3.05, 3.63) is 0 Å². The highest BCUT2D eigenvalue weighted by Gasteiger charge is 2.25. The zero-order valence-electron chi connectivity index (χ0n) is 9.77. The molecule has 5 nitrogen and oxygen atoms in total. The average Bonchev–Trinajstić information content (AvgIpc) is 1.99. The number of ether oxygens (including phenoxy) is 3. The molecule has 0 spiro atoms. The van der Waals surface area contributed by atoms with Crippen LogP contribution in [0.4, 0.5) is 0 Å². The summed E-state index contributed by atoms with van der Waals surface area (Å²) in [4.78, 5) is 21.9. The summed E-state index contributed by atoms with van der Waals surface area (Å²) < 4.78 is 14.7. The number of esters is 2. The van der Waals surface area contributed by atoms with Gasteiger partial charge in [0.15, 0.2) is 0 Å². The van der Waals surface area contributed by atoms with Crippen LogP contribution in [0.3, 0.4) is 0 Å². The van der Waals surface area contributed by atoms with Gasteiger partial charge in [-0.2, -0.15) is 0 Å². The van der Waals surface area contributed by atoms with Crippen LogP contribution in [0.25, 0.3) is 0 Å². The summed E-state index contributed by atoms with van der Waals surface area (Å²) in [5.74, 6) is -1.49. The zero-order chi connectivity index (χ0) is 12.0. The first-order valence-corrected chi connectivity index (χ1v) is 4.86. The van der Waals surface area contributed by atoms with Crippen molar-refractivity contribution in [3.63, 3.8) is 0 Å². The van der Waals surface area contributed by atoms with E-state index in [0.29, 0.717) is 0 Å². The third-order valence-corrected chi connectivity index (χ3v) is 1.23. The third-order valence-electron chi connectivity index (χ3n) is 1.23. The van der Waals surface area contributed by atoms with E-state index in [0.717, 1.165) is 6.92 Å². The molecule has 0 fully saturated rings. The van der Waals surface area contributed by atoms with E-state index in [9.17, 15) is 9.59 Å². The minimum Gasteiger partial charge on any atom is -0.390 e. The Labute approximate surface area is 89.7 Å². The summed E-state index contributed by atoms with van der Waals surface area (Å²) in [6, 6.07) is 0. The lowest BCUT2D eigenvalue weighted by Crippen LogP contribution is -2.34. The van der Waals surface area contributed by atoms with Crippen LogP contribution >= 0.6 is 0 Å². The van der Waals surface area contributed by atoms with E-state index in [4.69, 9.17) is 9.47 Å². The Kier molecular flexibility index (Phi) is 6.12. The van der Waals surface area contributed by atoms with E-state index >= 15 is 0 Å². The molecule has 0 saturated carbocycles. The average molecular weight is 218 g/mol. The Bertz CT molecular complexity index is 212. The standard InChI is InChI=1S/C10H18O5/c1-6(2)13-10(14-7(3)4)9(12)15-8(5)11/h6-7,10H,1-5H3. The summed E-state index contributed by atoms with van der Waals surface area (Å²) in [7, 11) is 0. The maximum absolute atomic E-state index is 11.3. The minimum absolute atomic E-state index is 0.187. The number of rotatable bonds is 5. The molecule has 88 valence electrons. The Balaban J connectivity index is 4.33.